The highest BCUT2D eigenvalue weighted by Crippen LogP contribution is 2.23. The van der Waals surface area contributed by atoms with Crippen molar-refractivity contribution in [2.24, 2.45) is 0 Å². The normalized spacial score (nSPS) is 11.2. The SMILES string of the molecule is FC(F)(F)Oc1ccc(NC(=S)NCCCOCc2ccco2)cc1. The lowest BCUT2D eigenvalue weighted by Gasteiger charge is -2.12. The minimum absolute atomic E-state index is 0.286. The van der Waals surface area contributed by atoms with Crippen LogP contribution in [-0.4, -0.2) is 24.6 Å². The van der Waals surface area contributed by atoms with E-state index in [-0.39, 0.29) is 5.75 Å². The van der Waals surface area contributed by atoms with Crippen molar-refractivity contribution in [3.8, 4) is 5.75 Å². The van der Waals surface area contributed by atoms with Crippen molar-refractivity contribution < 1.29 is 27.1 Å². The predicted molar refractivity (Wildman–Crippen MR) is 90.3 cm³/mol. The van der Waals surface area contributed by atoms with Crippen molar-refractivity contribution in [2.45, 2.75) is 19.4 Å². The zero-order valence-electron chi connectivity index (χ0n) is 13.1. The molecule has 2 N–H and O–H groups in total. The second kappa shape index (κ2) is 9.28. The third kappa shape index (κ3) is 7.90. The van der Waals surface area contributed by atoms with Gasteiger partial charge in [-0.1, -0.05) is 0 Å². The molecule has 0 saturated heterocycles. The van der Waals surface area contributed by atoms with Crippen molar-refractivity contribution in [2.75, 3.05) is 18.5 Å². The summed E-state index contributed by atoms with van der Waals surface area (Å²) in [7, 11) is 0. The minimum atomic E-state index is -4.70. The van der Waals surface area contributed by atoms with Gasteiger partial charge in [0, 0.05) is 18.8 Å². The molecule has 1 aromatic heterocycles. The Kier molecular flexibility index (Phi) is 7.08. The van der Waals surface area contributed by atoms with Gasteiger partial charge in [0.2, 0.25) is 0 Å². The minimum Gasteiger partial charge on any atom is -0.467 e. The predicted octanol–water partition coefficient (Wildman–Crippen LogP) is 4.07. The topological polar surface area (TPSA) is 55.7 Å². The monoisotopic (exact) mass is 374 g/mol. The molecule has 0 unspecified atom stereocenters. The van der Waals surface area contributed by atoms with Crippen LogP contribution in [0.15, 0.2) is 47.1 Å². The summed E-state index contributed by atoms with van der Waals surface area (Å²) >= 11 is 5.11. The van der Waals surface area contributed by atoms with E-state index in [0.717, 1.165) is 12.2 Å². The maximum Gasteiger partial charge on any atom is 0.573 e. The van der Waals surface area contributed by atoms with Gasteiger partial charge in [-0.15, -0.1) is 13.2 Å². The molecule has 1 heterocycles. The summed E-state index contributed by atoms with van der Waals surface area (Å²) in [6.07, 6.45) is -2.38. The Bertz CT molecular complexity index is 646. The molecular formula is C16H17F3N2O3S. The highest BCUT2D eigenvalue weighted by molar-refractivity contribution is 7.80. The van der Waals surface area contributed by atoms with Gasteiger partial charge in [-0.25, -0.2) is 0 Å². The quantitative estimate of drug-likeness (QED) is 0.537. The molecule has 0 fully saturated rings. The summed E-state index contributed by atoms with van der Waals surface area (Å²) in [6.45, 7) is 1.56. The second-order valence-corrected chi connectivity index (χ2v) is 5.35. The van der Waals surface area contributed by atoms with E-state index in [2.05, 4.69) is 15.4 Å². The van der Waals surface area contributed by atoms with Gasteiger partial charge in [0.25, 0.3) is 0 Å². The van der Waals surface area contributed by atoms with Crippen molar-refractivity contribution in [3.05, 3.63) is 48.4 Å². The number of furan rings is 1. The van der Waals surface area contributed by atoms with Crippen molar-refractivity contribution >= 4 is 23.0 Å². The van der Waals surface area contributed by atoms with Crippen molar-refractivity contribution in [1.29, 1.82) is 0 Å². The smallest absolute Gasteiger partial charge is 0.467 e. The Labute approximate surface area is 148 Å². The molecule has 0 saturated carbocycles. The standard InChI is InChI=1S/C16H17F3N2O3S/c17-16(18,19)24-13-6-4-12(5-7-13)21-15(25)20-8-2-9-22-11-14-3-1-10-23-14/h1,3-7,10H,2,8-9,11H2,(H2,20,21,25). The lowest BCUT2D eigenvalue weighted by molar-refractivity contribution is -0.274. The van der Waals surface area contributed by atoms with Crippen LogP contribution in [-0.2, 0) is 11.3 Å². The van der Waals surface area contributed by atoms with Gasteiger partial charge in [0.1, 0.15) is 18.1 Å². The van der Waals surface area contributed by atoms with Gasteiger partial charge in [-0.2, -0.15) is 0 Å². The molecule has 0 radical (unpaired) electrons. The van der Waals surface area contributed by atoms with Crippen LogP contribution in [0.1, 0.15) is 12.2 Å². The van der Waals surface area contributed by atoms with E-state index in [9.17, 15) is 13.2 Å². The second-order valence-electron chi connectivity index (χ2n) is 4.94. The Morgan fingerprint density at radius 3 is 2.56 bits per heavy atom. The third-order valence-corrected chi connectivity index (χ3v) is 3.17. The molecule has 25 heavy (non-hydrogen) atoms. The van der Waals surface area contributed by atoms with Crippen LogP contribution >= 0.6 is 12.2 Å². The number of halogens is 3. The molecule has 9 heteroatoms. The van der Waals surface area contributed by atoms with E-state index in [1.807, 2.05) is 6.07 Å². The summed E-state index contributed by atoms with van der Waals surface area (Å²) in [5.74, 6) is 0.480. The number of hydrogen-bond acceptors (Lipinski definition) is 4. The number of ether oxygens (including phenoxy) is 2. The van der Waals surface area contributed by atoms with Gasteiger partial charge in [0.05, 0.1) is 6.26 Å². The molecule has 0 aliphatic carbocycles. The van der Waals surface area contributed by atoms with E-state index < -0.39 is 6.36 Å². The van der Waals surface area contributed by atoms with Crippen LogP contribution in [0.25, 0.3) is 0 Å². The molecule has 0 bridgehead atoms. The average Bonchev–Trinajstić information content (AvgIpc) is 3.04. The van der Waals surface area contributed by atoms with Gasteiger partial charge in [-0.05, 0) is 55.0 Å². The molecule has 0 spiro atoms. The van der Waals surface area contributed by atoms with Crippen LogP contribution in [0.5, 0.6) is 5.75 Å². The van der Waals surface area contributed by atoms with E-state index in [4.69, 9.17) is 21.4 Å². The van der Waals surface area contributed by atoms with Gasteiger partial charge in [0.15, 0.2) is 5.11 Å². The summed E-state index contributed by atoms with van der Waals surface area (Å²) in [6, 6.07) is 8.94. The largest absolute Gasteiger partial charge is 0.573 e. The van der Waals surface area contributed by atoms with Gasteiger partial charge in [-0.3, -0.25) is 0 Å². The summed E-state index contributed by atoms with van der Waals surface area (Å²) in [5.41, 5.74) is 0.557. The summed E-state index contributed by atoms with van der Waals surface area (Å²) in [5, 5.41) is 6.23. The number of benzene rings is 1. The van der Waals surface area contributed by atoms with E-state index >= 15 is 0 Å². The molecule has 136 valence electrons. The number of thiocarbonyl (C=S) groups is 1. The molecule has 2 aromatic rings. The molecule has 2 rings (SSSR count). The highest BCUT2D eigenvalue weighted by Gasteiger charge is 2.30. The van der Waals surface area contributed by atoms with Gasteiger partial charge < -0.3 is 24.5 Å². The van der Waals surface area contributed by atoms with Crippen molar-refractivity contribution in [3.63, 3.8) is 0 Å². The van der Waals surface area contributed by atoms with E-state index in [1.54, 1.807) is 12.3 Å². The number of nitrogens with one attached hydrogen (secondary N) is 2. The van der Waals surface area contributed by atoms with Crippen LogP contribution < -0.4 is 15.4 Å². The molecule has 0 amide bonds. The molecule has 0 aliphatic rings. The average molecular weight is 374 g/mol. The molecule has 0 atom stereocenters. The maximum absolute atomic E-state index is 12.1. The first-order valence-electron chi connectivity index (χ1n) is 7.43. The Morgan fingerprint density at radius 1 is 1.16 bits per heavy atom. The zero-order chi connectivity index (χ0) is 18.1. The first-order chi connectivity index (χ1) is 11.9. The molecule has 1 aromatic carbocycles. The fraction of sp³-hybridized carbons (Fsp3) is 0.312. The Hall–Kier alpha value is -2.26. The first-order valence-corrected chi connectivity index (χ1v) is 7.84. The maximum atomic E-state index is 12.1. The zero-order valence-corrected chi connectivity index (χ0v) is 14.0. The fourth-order valence-corrected chi connectivity index (χ4v) is 2.08. The van der Waals surface area contributed by atoms with Crippen molar-refractivity contribution in [1.82, 2.24) is 5.32 Å². The summed E-state index contributed by atoms with van der Waals surface area (Å²) < 4.78 is 50.6. The summed E-state index contributed by atoms with van der Waals surface area (Å²) in [4.78, 5) is 0. The first kappa shape index (κ1) is 19.1. The van der Waals surface area contributed by atoms with Crippen LogP contribution in [0.3, 0.4) is 0 Å². The third-order valence-electron chi connectivity index (χ3n) is 2.92. The van der Waals surface area contributed by atoms with Crippen LogP contribution in [0, 0.1) is 0 Å². The lowest BCUT2D eigenvalue weighted by Crippen LogP contribution is -2.29. The van der Waals surface area contributed by atoms with E-state index in [0.29, 0.717) is 30.6 Å². The van der Waals surface area contributed by atoms with Gasteiger partial charge >= 0.3 is 6.36 Å². The number of anilines is 1. The number of alkyl halides is 3. The van der Waals surface area contributed by atoms with E-state index in [1.165, 1.54) is 24.3 Å². The van der Waals surface area contributed by atoms with Crippen LogP contribution in [0.2, 0.25) is 0 Å². The number of rotatable bonds is 8. The fourth-order valence-electron chi connectivity index (χ4n) is 1.86. The molecular weight excluding hydrogens is 357 g/mol. The molecule has 5 nitrogen and oxygen atoms in total. The number of hydrogen-bond donors (Lipinski definition) is 2. The highest BCUT2D eigenvalue weighted by atomic mass is 32.1. The van der Waals surface area contributed by atoms with Crippen LogP contribution in [0.4, 0.5) is 18.9 Å². The Morgan fingerprint density at radius 2 is 1.92 bits per heavy atom. The Balaban J connectivity index is 1.60. The molecule has 0 aliphatic heterocycles. The lowest BCUT2D eigenvalue weighted by atomic mass is 10.3.